The molecule has 19 heavy (non-hydrogen) atoms. The summed E-state index contributed by atoms with van der Waals surface area (Å²) in [6, 6.07) is 4.00. The van der Waals surface area contributed by atoms with Crippen LogP contribution < -0.4 is 10.6 Å². The number of thiophene rings is 1. The van der Waals surface area contributed by atoms with E-state index in [0.717, 1.165) is 10.7 Å². The van der Waals surface area contributed by atoms with Crippen molar-refractivity contribution in [2.45, 2.75) is 13.0 Å². The number of aromatic nitrogens is 2. The zero-order valence-corrected chi connectivity index (χ0v) is 11.9. The van der Waals surface area contributed by atoms with Gasteiger partial charge < -0.3 is 9.88 Å². The van der Waals surface area contributed by atoms with Crippen LogP contribution in [0.5, 0.6) is 0 Å². The van der Waals surface area contributed by atoms with Crippen LogP contribution in [0.25, 0.3) is 0 Å². The summed E-state index contributed by atoms with van der Waals surface area (Å²) in [7, 11) is 1.96. The van der Waals surface area contributed by atoms with Crippen LogP contribution in [0.15, 0.2) is 29.9 Å². The van der Waals surface area contributed by atoms with Crippen LogP contribution in [0.4, 0.5) is 0 Å². The molecule has 0 aliphatic carbocycles. The second kappa shape index (κ2) is 6.49. The summed E-state index contributed by atoms with van der Waals surface area (Å²) < 4.78 is 1.97. The summed E-state index contributed by atoms with van der Waals surface area (Å²) in [5, 5.41) is 8.07. The number of hydrogen-bond donors (Lipinski definition) is 2. The molecule has 1 amide bonds. The predicted molar refractivity (Wildman–Crippen MR) is 76.1 cm³/mol. The molecule has 2 heterocycles. The molecule has 102 valence electrons. The first-order valence-electron chi connectivity index (χ1n) is 6.23. The van der Waals surface area contributed by atoms with Gasteiger partial charge in [-0.1, -0.05) is 6.07 Å². The van der Waals surface area contributed by atoms with E-state index in [0.29, 0.717) is 6.54 Å². The second-order valence-corrected chi connectivity index (χ2v) is 5.16. The topological polar surface area (TPSA) is 59.0 Å². The second-order valence-electron chi connectivity index (χ2n) is 4.18. The summed E-state index contributed by atoms with van der Waals surface area (Å²) in [6.07, 6.45) is 3.67. The van der Waals surface area contributed by atoms with E-state index in [4.69, 9.17) is 0 Å². The molecule has 0 aromatic carbocycles. The molecule has 1 atom stereocenters. The van der Waals surface area contributed by atoms with E-state index < -0.39 is 0 Å². The monoisotopic (exact) mass is 278 g/mol. The van der Waals surface area contributed by atoms with Crippen molar-refractivity contribution in [1.82, 2.24) is 20.2 Å². The highest BCUT2D eigenvalue weighted by Crippen LogP contribution is 2.24. The van der Waals surface area contributed by atoms with Crippen LogP contribution in [-0.4, -0.2) is 28.5 Å². The Labute approximate surface area is 116 Å². The Morgan fingerprint density at radius 3 is 3.00 bits per heavy atom. The molecule has 0 saturated heterocycles. The van der Waals surface area contributed by atoms with Crippen LogP contribution in [0.3, 0.4) is 0 Å². The number of rotatable bonds is 6. The Balaban J connectivity index is 2.12. The number of carbonyl (C=O) groups excluding carboxylic acids is 1. The van der Waals surface area contributed by atoms with Crippen molar-refractivity contribution < 1.29 is 4.79 Å². The molecule has 1 unspecified atom stereocenters. The normalized spacial score (nSPS) is 12.3. The van der Waals surface area contributed by atoms with Crippen LogP contribution in [0.1, 0.15) is 23.7 Å². The number of hydrogen-bond acceptors (Lipinski definition) is 4. The average Bonchev–Trinajstić information content (AvgIpc) is 3.03. The van der Waals surface area contributed by atoms with Gasteiger partial charge in [0.1, 0.15) is 11.9 Å². The third-order valence-electron chi connectivity index (χ3n) is 2.79. The van der Waals surface area contributed by atoms with Crippen molar-refractivity contribution in [3.63, 3.8) is 0 Å². The SMILES string of the molecule is CCNC(=O)CNC(c1cccs1)c1nccn1C. The zero-order chi connectivity index (χ0) is 13.7. The van der Waals surface area contributed by atoms with E-state index in [2.05, 4.69) is 21.7 Å². The molecule has 6 heteroatoms. The van der Waals surface area contributed by atoms with Gasteiger partial charge in [-0.05, 0) is 18.4 Å². The number of imidazole rings is 1. The smallest absolute Gasteiger partial charge is 0.233 e. The Hall–Kier alpha value is -1.66. The molecular formula is C13H18N4OS. The first-order valence-corrected chi connectivity index (χ1v) is 7.11. The highest BCUT2D eigenvalue weighted by atomic mass is 32.1. The fourth-order valence-electron chi connectivity index (χ4n) is 1.88. The minimum Gasteiger partial charge on any atom is -0.355 e. The maximum atomic E-state index is 11.6. The van der Waals surface area contributed by atoms with Gasteiger partial charge in [-0.25, -0.2) is 4.98 Å². The fourth-order valence-corrected chi connectivity index (χ4v) is 2.68. The molecule has 2 N–H and O–H groups in total. The van der Waals surface area contributed by atoms with Gasteiger partial charge in [-0.3, -0.25) is 10.1 Å². The number of amides is 1. The Morgan fingerprint density at radius 2 is 2.42 bits per heavy atom. The third-order valence-corrected chi connectivity index (χ3v) is 3.72. The number of aryl methyl sites for hydroxylation is 1. The Bertz CT molecular complexity index is 520. The molecule has 0 saturated carbocycles. The summed E-state index contributed by atoms with van der Waals surface area (Å²) in [6.45, 7) is 2.84. The number of nitrogens with zero attached hydrogens (tertiary/aromatic N) is 2. The summed E-state index contributed by atoms with van der Waals surface area (Å²) >= 11 is 1.66. The minimum atomic E-state index is -0.0531. The molecule has 0 radical (unpaired) electrons. The lowest BCUT2D eigenvalue weighted by molar-refractivity contribution is -0.120. The number of carbonyl (C=O) groups is 1. The van der Waals surface area contributed by atoms with Crippen molar-refractivity contribution in [3.05, 3.63) is 40.6 Å². The van der Waals surface area contributed by atoms with Crippen molar-refractivity contribution in [3.8, 4) is 0 Å². The van der Waals surface area contributed by atoms with Crippen molar-refractivity contribution in [1.29, 1.82) is 0 Å². The highest BCUT2D eigenvalue weighted by molar-refractivity contribution is 7.10. The number of nitrogens with one attached hydrogen (secondary N) is 2. The largest absolute Gasteiger partial charge is 0.355 e. The van der Waals surface area contributed by atoms with Crippen molar-refractivity contribution in [2.75, 3.05) is 13.1 Å². The van der Waals surface area contributed by atoms with Crippen molar-refractivity contribution in [2.24, 2.45) is 7.05 Å². The molecule has 0 spiro atoms. The molecule has 2 aromatic heterocycles. The predicted octanol–water partition coefficient (Wildman–Crippen LogP) is 1.30. The van der Waals surface area contributed by atoms with Gasteiger partial charge in [-0.15, -0.1) is 11.3 Å². The maximum Gasteiger partial charge on any atom is 0.233 e. The van der Waals surface area contributed by atoms with Crippen LogP contribution in [-0.2, 0) is 11.8 Å². The minimum absolute atomic E-state index is 0.00161. The summed E-state index contributed by atoms with van der Waals surface area (Å²) in [4.78, 5) is 17.1. The molecule has 5 nitrogen and oxygen atoms in total. The molecule has 0 aliphatic rings. The third kappa shape index (κ3) is 3.42. The first-order chi connectivity index (χ1) is 9.22. The Kier molecular flexibility index (Phi) is 4.70. The molecule has 2 aromatic rings. The van der Waals surface area contributed by atoms with Gasteiger partial charge in [0, 0.05) is 30.9 Å². The molecule has 0 fully saturated rings. The molecule has 0 aliphatic heterocycles. The van der Waals surface area contributed by atoms with E-state index in [-0.39, 0.29) is 18.5 Å². The molecule has 2 rings (SSSR count). The quantitative estimate of drug-likeness (QED) is 0.837. The van der Waals surface area contributed by atoms with E-state index in [1.807, 2.05) is 36.2 Å². The van der Waals surface area contributed by atoms with E-state index in [1.165, 1.54) is 0 Å². The Morgan fingerprint density at radius 1 is 1.58 bits per heavy atom. The van der Waals surface area contributed by atoms with Crippen molar-refractivity contribution >= 4 is 17.2 Å². The summed E-state index contributed by atoms with van der Waals surface area (Å²) in [5.41, 5.74) is 0. The average molecular weight is 278 g/mol. The lowest BCUT2D eigenvalue weighted by atomic mass is 10.2. The maximum absolute atomic E-state index is 11.6. The van der Waals surface area contributed by atoms with Gasteiger partial charge in [0.05, 0.1) is 6.54 Å². The highest BCUT2D eigenvalue weighted by Gasteiger charge is 2.19. The first kappa shape index (κ1) is 13.8. The number of likely N-dealkylation sites (N-methyl/N-ethyl adjacent to an activating group) is 1. The lowest BCUT2D eigenvalue weighted by Gasteiger charge is -2.17. The van der Waals surface area contributed by atoms with E-state index >= 15 is 0 Å². The zero-order valence-electron chi connectivity index (χ0n) is 11.1. The van der Waals surface area contributed by atoms with Gasteiger partial charge in [-0.2, -0.15) is 0 Å². The van der Waals surface area contributed by atoms with Gasteiger partial charge in [0.25, 0.3) is 0 Å². The standard InChI is InChI=1S/C13H18N4OS/c1-3-14-11(18)9-16-12(10-5-4-8-19-10)13-15-6-7-17(13)2/h4-8,12,16H,3,9H2,1-2H3,(H,14,18). The lowest BCUT2D eigenvalue weighted by Crippen LogP contribution is -2.36. The van der Waals surface area contributed by atoms with Gasteiger partial charge >= 0.3 is 0 Å². The molecular weight excluding hydrogens is 260 g/mol. The molecule has 0 bridgehead atoms. The van der Waals surface area contributed by atoms with Crippen LogP contribution >= 0.6 is 11.3 Å². The summed E-state index contributed by atoms with van der Waals surface area (Å²) in [5.74, 6) is 0.907. The fraction of sp³-hybridized carbons (Fsp3) is 0.385. The van der Waals surface area contributed by atoms with E-state index in [9.17, 15) is 4.79 Å². The van der Waals surface area contributed by atoms with E-state index in [1.54, 1.807) is 17.5 Å². The van der Waals surface area contributed by atoms with Crippen LogP contribution in [0, 0.1) is 0 Å². The van der Waals surface area contributed by atoms with Crippen LogP contribution in [0.2, 0.25) is 0 Å². The van der Waals surface area contributed by atoms with Gasteiger partial charge in [0.2, 0.25) is 5.91 Å². The van der Waals surface area contributed by atoms with Gasteiger partial charge in [0.15, 0.2) is 0 Å².